The molecule has 5 rings (SSSR count). The van der Waals surface area contributed by atoms with E-state index >= 15 is 0 Å². The largest absolute Gasteiger partial charge is 0.454 e. The molecule has 0 amide bonds. The number of hydrogen-bond donors (Lipinski definition) is 3. The second kappa shape index (κ2) is 9.68. The van der Waals surface area contributed by atoms with Crippen molar-refractivity contribution in [2.24, 2.45) is 0 Å². The summed E-state index contributed by atoms with van der Waals surface area (Å²) in [6, 6.07) is 12.5. The Labute approximate surface area is 200 Å². The summed E-state index contributed by atoms with van der Waals surface area (Å²) in [5.74, 6) is 1.70. The van der Waals surface area contributed by atoms with Crippen molar-refractivity contribution in [1.29, 1.82) is 0 Å². The highest BCUT2D eigenvalue weighted by Gasteiger charge is 2.26. The molecule has 0 saturated carbocycles. The number of ether oxygens (including phenoxy) is 2. The van der Waals surface area contributed by atoms with Gasteiger partial charge in [-0.15, -0.1) is 0 Å². The van der Waals surface area contributed by atoms with Gasteiger partial charge < -0.3 is 29.2 Å². The van der Waals surface area contributed by atoms with Crippen LogP contribution in [0.3, 0.4) is 0 Å². The van der Waals surface area contributed by atoms with Gasteiger partial charge in [0.25, 0.3) is 0 Å². The Kier molecular flexibility index (Phi) is 6.48. The molecule has 0 atom stereocenters. The lowest BCUT2D eigenvalue weighted by molar-refractivity contribution is -1.02. The monoisotopic (exact) mass is 464 g/mol. The molecular weight excluding hydrogens is 428 g/mol. The zero-order chi connectivity index (χ0) is 23.7. The maximum absolute atomic E-state index is 13.5. The maximum atomic E-state index is 13.5. The molecular formula is C27H36N4O3+2. The first-order chi connectivity index (χ1) is 16.6. The van der Waals surface area contributed by atoms with Gasteiger partial charge in [-0.05, 0) is 57.2 Å². The standard InChI is InChI=1S/C27H34N4O3/c1-4-31(5-2)21-7-8-24-22(15-21)27(32)23(19(3)28-24)17-30-12-10-29(11-13-30)16-20-6-9-25-26(14-20)34-18-33-25/h6-9,14-15H,4-5,10-13,16-18H2,1-3H3,(H,28,32)/p+2. The number of rotatable bonds is 7. The quantitative estimate of drug-likeness (QED) is 0.486. The number of quaternary nitrogens is 2. The van der Waals surface area contributed by atoms with E-state index < -0.39 is 0 Å². The van der Waals surface area contributed by atoms with Gasteiger partial charge in [0.15, 0.2) is 16.9 Å². The van der Waals surface area contributed by atoms with Gasteiger partial charge in [-0.25, -0.2) is 0 Å². The second-order valence-corrected chi connectivity index (χ2v) is 9.50. The number of fused-ring (bicyclic) bond motifs is 2. The lowest BCUT2D eigenvalue weighted by Gasteiger charge is -2.30. The third kappa shape index (κ3) is 4.50. The molecule has 0 unspecified atom stereocenters. The molecule has 2 aliphatic rings. The summed E-state index contributed by atoms with van der Waals surface area (Å²) in [6.45, 7) is 14.6. The summed E-state index contributed by atoms with van der Waals surface area (Å²) in [5, 5.41) is 0.802. The first-order valence-electron chi connectivity index (χ1n) is 12.5. The number of nitrogens with zero attached hydrogens (tertiary/aromatic N) is 1. The molecule has 7 heteroatoms. The van der Waals surface area contributed by atoms with E-state index in [2.05, 4.69) is 48.0 Å². The van der Waals surface area contributed by atoms with Crippen molar-refractivity contribution in [3.63, 3.8) is 0 Å². The molecule has 1 aromatic heterocycles. The van der Waals surface area contributed by atoms with E-state index in [0.29, 0.717) is 6.79 Å². The molecule has 0 aliphatic carbocycles. The lowest BCUT2D eigenvalue weighted by Crippen LogP contribution is -3.27. The van der Waals surface area contributed by atoms with E-state index in [1.165, 1.54) is 10.5 Å². The molecule has 180 valence electrons. The van der Waals surface area contributed by atoms with Gasteiger partial charge in [-0.3, -0.25) is 4.79 Å². The molecule has 3 heterocycles. The summed E-state index contributed by atoms with van der Waals surface area (Å²) in [4.78, 5) is 22.3. The molecule has 3 N–H and O–H groups in total. The molecule has 7 nitrogen and oxygen atoms in total. The number of benzene rings is 2. The number of aryl methyl sites for hydroxylation is 1. The minimum atomic E-state index is 0.183. The molecule has 2 aliphatic heterocycles. The minimum Gasteiger partial charge on any atom is -0.454 e. The number of pyridine rings is 1. The predicted molar refractivity (Wildman–Crippen MR) is 134 cm³/mol. The molecule has 0 bridgehead atoms. The van der Waals surface area contributed by atoms with E-state index in [0.717, 1.165) is 91.7 Å². The van der Waals surface area contributed by atoms with E-state index in [1.54, 1.807) is 4.90 Å². The van der Waals surface area contributed by atoms with Crippen molar-refractivity contribution in [1.82, 2.24) is 4.98 Å². The lowest BCUT2D eigenvalue weighted by atomic mass is 10.1. The first kappa shape index (κ1) is 22.7. The third-order valence-corrected chi connectivity index (χ3v) is 7.41. The highest BCUT2D eigenvalue weighted by molar-refractivity contribution is 5.83. The fourth-order valence-electron chi connectivity index (χ4n) is 5.34. The normalized spacial score (nSPS) is 19.5. The number of hydrogen-bond acceptors (Lipinski definition) is 4. The van der Waals surface area contributed by atoms with E-state index in [9.17, 15) is 4.79 Å². The summed E-state index contributed by atoms with van der Waals surface area (Å²) >= 11 is 0. The van der Waals surface area contributed by atoms with Crippen LogP contribution in [-0.4, -0.2) is 51.0 Å². The first-order valence-corrected chi connectivity index (χ1v) is 12.5. The topological polar surface area (TPSA) is 63.4 Å². The van der Waals surface area contributed by atoms with Crippen LogP contribution in [0.25, 0.3) is 10.9 Å². The zero-order valence-electron chi connectivity index (χ0n) is 20.5. The summed E-state index contributed by atoms with van der Waals surface area (Å²) in [6.07, 6.45) is 0. The summed E-state index contributed by atoms with van der Waals surface area (Å²) < 4.78 is 11.0. The number of piperazine rings is 1. The number of H-pyrrole nitrogens is 1. The predicted octanol–water partition coefficient (Wildman–Crippen LogP) is 0.895. The Hall–Kier alpha value is -3.03. The molecule has 0 spiro atoms. The van der Waals surface area contributed by atoms with Crippen molar-refractivity contribution < 1.29 is 19.3 Å². The van der Waals surface area contributed by atoms with Gasteiger partial charge in [0, 0.05) is 40.9 Å². The van der Waals surface area contributed by atoms with E-state index in [4.69, 9.17) is 9.47 Å². The fourth-order valence-corrected chi connectivity index (χ4v) is 5.34. The van der Waals surface area contributed by atoms with Crippen LogP contribution in [0.1, 0.15) is 30.7 Å². The van der Waals surface area contributed by atoms with Crippen molar-refractivity contribution in [3.05, 3.63) is 63.4 Å². The van der Waals surface area contributed by atoms with Crippen molar-refractivity contribution in [3.8, 4) is 11.5 Å². The molecule has 3 aromatic rings. The van der Waals surface area contributed by atoms with E-state index in [-0.39, 0.29) is 5.43 Å². The average Bonchev–Trinajstić information content (AvgIpc) is 3.32. The van der Waals surface area contributed by atoms with Crippen molar-refractivity contribution in [2.45, 2.75) is 33.9 Å². The number of aromatic nitrogens is 1. The summed E-state index contributed by atoms with van der Waals surface area (Å²) in [5.41, 5.74) is 5.44. The van der Waals surface area contributed by atoms with Gasteiger partial charge in [0.2, 0.25) is 6.79 Å². The highest BCUT2D eigenvalue weighted by Crippen LogP contribution is 2.32. The number of anilines is 1. The molecule has 0 radical (unpaired) electrons. The Balaban J connectivity index is 1.27. The third-order valence-electron chi connectivity index (χ3n) is 7.41. The Morgan fingerprint density at radius 1 is 0.912 bits per heavy atom. The fraction of sp³-hybridized carbons (Fsp3) is 0.444. The van der Waals surface area contributed by atoms with E-state index in [1.807, 2.05) is 19.1 Å². The van der Waals surface area contributed by atoms with Gasteiger partial charge in [0.05, 0.1) is 5.56 Å². The van der Waals surface area contributed by atoms with Gasteiger partial charge in [-0.2, -0.15) is 0 Å². The molecule has 34 heavy (non-hydrogen) atoms. The SMILES string of the molecule is CCN(CC)c1ccc2[nH]c(C)c(C[NH+]3CC[NH+](Cc4ccc5c(c4)OCO5)CC3)c(=O)c2c1. The zero-order valence-corrected chi connectivity index (χ0v) is 20.5. The van der Waals surface area contributed by atoms with Gasteiger partial charge in [-0.1, -0.05) is 0 Å². The van der Waals surface area contributed by atoms with Crippen LogP contribution in [0.15, 0.2) is 41.2 Å². The molecule has 1 saturated heterocycles. The smallest absolute Gasteiger partial charge is 0.231 e. The highest BCUT2D eigenvalue weighted by atomic mass is 16.7. The van der Waals surface area contributed by atoms with Crippen molar-refractivity contribution in [2.75, 3.05) is 51.0 Å². The minimum absolute atomic E-state index is 0.183. The van der Waals surface area contributed by atoms with Crippen LogP contribution in [0.5, 0.6) is 11.5 Å². The Morgan fingerprint density at radius 2 is 1.62 bits per heavy atom. The molecule has 1 fully saturated rings. The van der Waals surface area contributed by atoms with Crippen LogP contribution in [0, 0.1) is 6.92 Å². The van der Waals surface area contributed by atoms with Crippen molar-refractivity contribution >= 4 is 16.6 Å². The maximum Gasteiger partial charge on any atom is 0.231 e. The van der Waals surface area contributed by atoms with Crippen LogP contribution in [0.2, 0.25) is 0 Å². The number of aromatic amines is 1. The molecule has 2 aromatic carbocycles. The van der Waals surface area contributed by atoms with Crippen LogP contribution in [-0.2, 0) is 13.1 Å². The van der Waals surface area contributed by atoms with Gasteiger partial charge in [0.1, 0.15) is 39.3 Å². The Bertz CT molecular complexity index is 1230. The number of nitrogens with one attached hydrogen (secondary N) is 3. The Morgan fingerprint density at radius 3 is 2.35 bits per heavy atom. The van der Waals surface area contributed by atoms with Crippen LogP contribution < -0.4 is 29.6 Å². The second-order valence-electron chi connectivity index (χ2n) is 9.50. The summed E-state index contributed by atoms with van der Waals surface area (Å²) in [7, 11) is 0. The average molecular weight is 465 g/mol. The van der Waals surface area contributed by atoms with Crippen LogP contribution >= 0.6 is 0 Å². The van der Waals surface area contributed by atoms with Gasteiger partial charge >= 0.3 is 0 Å². The van der Waals surface area contributed by atoms with Crippen LogP contribution in [0.4, 0.5) is 5.69 Å².